The van der Waals surface area contributed by atoms with Gasteiger partial charge in [0.15, 0.2) is 0 Å². The van der Waals surface area contributed by atoms with E-state index in [1.165, 1.54) is 11.1 Å². The average molecular weight is 264 g/mol. The first-order valence-corrected chi connectivity index (χ1v) is 6.90. The topological polar surface area (TPSA) is 29.5 Å². The highest BCUT2D eigenvalue weighted by Gasteiger charge is 2.19. The highest BCUT2D eigenvalue weighted by Crippen LogP contribution is 2.29. The van der Waals surface area contributed by atoms with E-state index in [1.54, 1.807) is 0 Å². The molecule has 2 aromatic carbocycles. The van der Waals surface area contributed by atoms with Crippen LogP contribution in [0.4, 0.5) is 0 Å². The summed E-state index contributed by atoms with van der Waals surface area (Å²) in [4.78, 5) is 0. The van der Waals surface area contributed by atoms with E-state index in [2.05, 4.69) is 30.3 Å². The zero-order valence-corrected chi connectivity index (χ0v) is 11.5. The molecule has 1 N–H and O–H groups in total. The van der Waals surface area contributed by atoms with Crippen molar-refractivity contribution in [2.24, 2.45) is 0 Å². The number of ether oxygens (including phenoxy) is 1. The van der Waals surface area contributed by atoms with Gasteiger partial charge in [-0.05, 0) is 35.2 Å². The summed E-state index contributed by atoms with van der Waals surface area (Å²) in [5.74, 6) is 0.882. The SMILES string of the molecule is CB(O)C1=Cc2ccc(OCc3ccccc3)cc2C1. The van der Waals surface area contributed by atoms with Gasteiger partial charge in [0.05, 0.1) is 0 Å². The minimum atomic E-state index is -0.379. The Morgan fingerprint density at radius 1 is 1.15 bits per heavy atom. The number of allylic oxidation sites excluding steroid dienone is 1. The van der Waals surface area contributed by atoms with Gasteiger partial charge < -0.3 is 9.76 Å². The van der Waals surface area contributed by atoms with E-state index in [4.69, 9.17) is 4.74 Å². The van der Waals surface area contributed by atoms with Crippen LogP contribution in [0.5, 0.6) is 5.75 Å². The van der Waals surface area contributed by atoms with Crippen molar-refractivity contribution in [2.75, 3.05) is 0 Å². The highest BCUT2D eigenvalue weighted by atomic mass is 16.5. The van der Waals surface area contributed by atoms with Crippen molar-refractivity contribution >= 4 is 13.0 Å². The Labute approximate surface area is 119 Å². The number of rotatable bonds is 4. The average Bonchev–Trinajstić information content (AvgIpc) is 2.89. The van der Waals surface area contributed by atoms with Gasteiger partial charge in [0.2, 0.25) is 0 Å². The fourth-order valence-electron chi connectivity index (χ4n) is 2.45. The van der Waals surface area contributed by atoms with Gasteiger partial charge in [0, 0.05) is 0 Å². The van der Waals surface area contributed by atoms with E-state index >= 15 is 0 Å². The summed E-state index contributed by atoms with van der Waals surface area (Å²) in [7, 11) is 0. The molecule has 100 valence electrons. The van der Waals surface area contributed by atoms with E-state index in [9.17, 15) is 5.02 Å². The molecule has 2 aromatic rings. The Morgan fingerprint density at radius 3 is 2.70 bits per heavy atom. The van der Waals surface area contributed by atoms with Crippen LogP contribution in [0.15, 0.2) is 54.0 Å². The number of hydrogen-bond donors (Lipinski definition) is 1. The lowest BCUT2D eigenvalue weighted by Crippen LogP contribution is -2.09. The van der Waals surface area contributed by atoms with Crippen molar-refractivity contribution in [1.29, 1.82) is 0 Å². The fourth-order valence-corrected chi connectivity index (χ4v) is 2.45. The van der Waals surface area contributed by atoms with Crippen LogP contribution in [-0.4, -0.2) is 11.9 Å². The molecule has 0 heterocycles. The second-order valence-electron chi connectivity index (χ2n) is 5.21. The Hall–Kier alpha value is -2.00. The lowest BCUT2D eigenvalue weighted by molar-refractivity contribution is 0.306. The summed E-state index contributed by atoms with van der Waals surface area (Å²) in [5, 5.41) is 9.65. The minimum Gasteiger partial charge on any atom is -0.489 e. The molecule has 1 aliphatic rings. The number of hydrogen-bond acceptors (Lipinski definition) is 2. The predicted molar refractivity (Wildman–Crippen MR) is 82.7 cm³/mol. The van der Waals surface area contributed by atoms with Gasteiger partial charge in [0.1, 0.15) is 12.4 Å². The standard InChI is InChI=1S/C17H17BO2/c1-18(19)16-9-14-7-8-17(11-15(14)10-16)20-12-13-5-3-2-4-6-13/h2-9,11,19H,10,12H2,1H3. The molecular weight excluding hydrogens is 247 g/mol. The van der Waals surface area contributed by atoms with Crippen LogP contribution in [0.2, 0.25) is 6.82 Å². The maximum Gasteiger partial charge on any atom is 0.316 e. The Bertz CT molecular complexity index is 633. The highest BCUT2D eigenvalue weighted by molar-refractivity contribution is 6.58. The van der Waals surface area contributed by atoms with E-state index in [-0.39, 0.29) is 6.92 Å². The van der Waals surface area contributed by atoms with Gasteiger partial charge >= 0.3 is 6.92 Å². The second kappa shape index (κ2) is 5.55. The third kappa shape index (κ3) is 2.78. The fraction of sp³-hybridized carbons (Fsp3) is 0.176. The monoisotopic (exact) mass is 264 g/mol. The number of fused-ring (bicyclic) bond motifs is 1. The van der Waals surface area contributed by atoms with Crippen molar-refractivity contribution in [3.8, 4) is 5.75 Å². The third-order valence-corrected chi connectivity index (χ3v) is 3.63. The van der Waals surface area contributed by atoms with Crippen LogP contribution in [-0.2, 0) is 13.0 Å². The Balaban J connectivity index is 1.69. The van der Waals surface area contributed by atoms with Crippen molar-refractivity contribution in [2.45, 2.75) is 19.9 Å². The normalized spacial score (nSPS) is 12.8. The summed E-state index contributed by atoms with van der Waals surface area (Å²) >= 11 is 0. The van der Waals surface area contributed by atoms with Crippen LogP contribution < -0.4 is 4.74 Å². The molecule has 20 heavy (non-hydrogen) atoms. The summed E-state index contributed by atoms with van der Waals surface area (Å²) in [6, 6.07) is 16.3. The van der Waals surface area contributed by atoms with E-state index in [0.29, 0.717) is 6.61 Å². The maximum atomic E-state index is 9.65. The first kappa shape index (κ1) is 13.0. The summed E-state index contributed by atoms with van der Waals surface area (Å²) < 4.78 is 5.83. The predicted octanol–water partition coefficient (Wildman–Crippen LogP) is 3.36. The van der Waals surface area contributed by atoms with Gasteiger partial charge in [-0.3, -0.25) is 0 Å². The molecule has 0 bridgehead atoms. The summed E-state index contributed by atoms with van der Waals surface area (Å²) in [5.41, 5.74) is 4.65. The quantitative estimate of drug-likeness (QED) is 0.858. The molecule has 0 aromatic heterocycles. The van der Waals surface area contributed by atoms with E-state index < -0.39 is 0 Å². The van der Waals surface area contributed by atoms with Crippen molar-refractivity contribution < 1.29 is 9.76 Å². The van der Waals surface area contributed by atoms with Gasteiger partial charge in [0.25, 0.3) is 0 Å². The second-order valence-corrected chi connectivity index (χ2v) is 5.21. The molecule has 0 saturated carbocycles. The molecule has 0 spiro atoms. The van der Waals surface area contributed by atoms with E-state index in [0.717, 1.165) is 23.2 Å². The zero-order chi connectivity index (χ0) is 13.9. The van der Waals surface area contributed by atoms with Gasteiger partial charge in [-0.15, -0.1) is 0 Å². The summed E-state index contributed by atoms with van der Waals surface area (Å²) in [6.45, 7) is 2.01. The van der Waals surface area contributed by atoms with Crippen molar-refractivity contribution in [3.05, 3.63) is 70.7 Å². The van der Waals surface area contributed by atoms with Crippen LogP contribution >= 0.6 is 0 Å². The van der Waals surface area contributed by atoms with E-state index in [1.807, 2.05) is 31.1 Å². The molecule has 3 heteroatoms. The number of benzene rings is 2. The van der Waals surface area contributed by atoms with Crippen LogP contribution in [0.3, 0.4) is 0 Å². The van der Waals surface area contributed by atoms with Gasteiger partial charge in [-0.2, -0.15) is 0 Å². The molecule has 0 atom stereocenters. The first-order valence-electron chi connectivity index (χ1n) is 6.90. The molecule has 3 rings (SSSR count). The molecule has 0 radical (unpaired) electrons. The molecule has 0 saturated heterocycles. The smallest absolute Gasteiger partial charge is 0.316 e. The lowest BCUT2D eigenvalue weighted by Gasteiger charge is -2.08. The van der Waals surface area contributed by atoms with Gasteiger partial charge in [-0.25, -0.2) is 0 Å². The van der Waals surface area contributed by atoms with Crippen molar-refractivity contribution in [1.82, 2.24) is 0 Å². The molecular formula is C17H17BO2. The van der Waals surface area contributed by atoms with Crippen LogP contribution in [0.25, 0.3) is 6.08 Å². The molecule has 1 aliphatic carbocycles. The minimum absolute atomic E-state index is 0.379. The maximum absolute atomic E-state index is 9.65. The van der Waals surface area contributed by atoms with Crippen molar-refractivity contribution in [3.63, 3.8) is 0 Å². The van der Waals surface area contributed by atoms with Crippen LogP contribution in [0, 0.1) is 0 Å². The molecule has 2 nitrogen and oxygen atoms in total. The molecule has 0 unspecified atom stereocenters. The molecule has 0 amide bonds. The zero-order valence-electron chi connectivity index (χ0n) is 11.5. The van der Waals surface area contributed by atoms with Crippen LogP contribution in [0.1, 0.15) is 16.7 Å². The molecule has 0 fully saturated rings. The Kier molecular flexibility index (Phi) is 3.61. The first-order chi connectivity index (χ1) is 9.72. The van der Waals surface area contributed by atoms with Gasteiger partial charge in [-0.1, -0.05) is 54.8 Å². The Morgan fingerprint density at radius 2 is 1.95 bits per heavy atom. The largest absolute Gasteiger partial charge is 0.489 e. The summed E-state index contributed by atoms with van der Waals surface area (Å²) in [6.07, 6.45) is 2.89. The third-order valence-electron chi connectivity index (χ3n) is 3.63. The lowest BCUT2D eigenvalue weighted by atomic mass is 9.63. The molecule has 0 aliphatic heterocycles.